The van der Waals surface area contributed by atoms with Crippen LogP contribution in [0.25, 0.3) is 0 Å². The summed E-state index contributed by atoms with van der Waals surface area (Å²) in [5.74, 6) is -1.08. The molecular formula is C13H14FN3O2. The third-order valence-electron chi connectivity index (χ3n) is 2.68. The van der Waals surface area contributed by atoms with Crippen molar-refractivity contribution in [3.63, 3.8) is 0 Å². The van der Waals surface area contributed by atoms with E-state index in [0.29, 0.717) is 0 Å². The first kappa shape index (κ1) is 13.1. The molecule has 0 aliphatic rings. The molecule has 0 bridgehead atoms. The Bertz CT molecular complexity index is 622. The van der Waals surface area contributed by atoms with Crippen molar-refractivity contribution in [3.05, 3.63) is 47.0 Å². The molecule has 0 amide bonds. The van der Waals surface area contributed by atoms with Crippen molar-refractivity contribution in [2.45, 2.75) is 13.5 Å². The van der Waals surface area contributed by atoms with Gasteiger partial charge in [-0.25, -0.2) is 9.18 Å². The molecule has 0 saturated heterocycles. The number of anilines is 1. The highest BCUT2D eigenvalue weighted by atomic mass is 19.1. The number of carbonyl (C=O) groups is 1. The number of hydrogen-bond donors (Lipinski definition) is 1. The number of benzene rings is 1. The lowest BCUT2D eigenvalue weighted by atomic mass is 10.2. The summed E-state index contributed by atoms with van der Waals surface area (Å²) in [6.45, 7) is 1.94. The number of aryl methyl sites for hydroxylation is 2. The van der Waals surface area contributed by atoms with Crippen molar-refractivity contribution in [3.8, 4) is 0 Å². The number of ether oxygens (including phenoxy) is 1. The van der Waals surface area contributed by atoms with Gasteiger partial charge in [-0.05, 0) is 31.2 Å². The zero-order valence-corrected chi connectivity index (χ0v) is 10.7. The molecule has 2 aromatic rings. The summed E-state index contributed by atoms with van der Waals surface area (Å²) >= 11 is 0. The van der Waals surface area contributed by atoms with Gasteiger partial charge in [-0.2, -0.15) is 5.10 Å². The van der Waals surface area contributed by atoms with Crippen molar-refractivity contribution >= 4 is 11.7 Å². The highest BCUT2D eigenvalue weighted by Crippen LogP contribution is 2.15. The first-order chi connectivity index (χ1) is 8.97. The van der Waals surface area contributed by atoms with Gasteiger partial charge in [-0.1, -0.05) is 0 Å². The molecule has 0 atom stereocenters. The fourth-order valence-electron chi connectivity index (χ4n) is 1.74. The number of nitrogens with two attached hydrogens (primary N) is 1. The number of aromatic nitrogens is 2. The molecule has 1 aromatic heterocycles. The second-order valence-electron chi connectivity index (χ2n) is 4.21. The topological polar surface area (TPSA) is 70.1 Å². The monoisotopic (exact) mass is 263 g/mol. The van der Waals surface area contributed by atoms with Crippen LogP contribution < -0.4 is 5.73 Å². The van der Waals surface area contributed by atoms with Crippen molar-refractivity contribution in [2.24, 2.45) is 7.05 Å². The molecule has 0 radical (unpaired) electrons. The van der Waals surface area contributed by atoms with E-state index in [2.05, 4.69) is 5.10 Å². The van der Waals surface area contributed by atoms with Crippen molar-refractivity contribution < 1.29 is 13.9 Å². The maximum atomic E-state index is 12.9. The van der Waals surface area contributed by atoms with Gasteiger partial charge in [0, 0.05) is 12.7 Å². The van der Waals surface area contributed by atoms with E-state index in [0.717, 1.165) is 17.5 Å². The Balaban J connectivity index is 2.07. The maximum absolute atomic E-state index is 12.9. The molecule has 100 valence electrons. The molecule has 0 aliphatic heterocycles. The molecular weight excluding hydrogens is 249 g/mol. The summed E-state index contributed by atoms with van der Waals surface area (Å²) in [5, 5.41) is 4.14. The normalized spacial score (nSPS) is 10.5. The van der Waals surface area contributed by atoms with Crippen molar-refractivity contribution in [2.75, 3.05) is 5.73 Å². The van der Waals surface area contributed by atoms with Crippen LogP contribution in [0.1, 0.15) is 21.7 Å². The summed E-state index contributed by atoms with van der Waals surface area (Å²) in [5.41, 5.74) is 7.39. The summed E-state index contributed by atoms with van der Waals surface area (Å²) in [7, 11) is 1.77. The van der Waals surface area contributed by atoms with E-state index >= 15 is 0 Å². The van der Waals surface area contributed by atoms with Crippen LogP contribution in [0, 0.1) is 12.7 Å². The Morgan fingerprint density at radius 2 is 2.21 bits per heavy atom. The largest absolute Gasteiger partial charge is 0.456 e. The molecule has 2 rings (SSSR count). The Morgan fingerprint density at radius 3 is 2.79 bits per heavy atom. The van der Waals surface area contributed by atoms with E-state index in [-0.39, 0.29) is 17.9 Å². The Hall–Kier alpha value is -2.37. The second-order valence-corrected chi connectivity index (χ2v) is 4.21. The summed E-state index contributed by atoms with van der Waals surface area (Å²) < 4.78 is 19.6. The Morgan fingerprint density at radius 1 is 1.47 bits per heavy atom. The van der Waals surface area contributed by atoms with Gasteiger partial charge in [-0.3, -0.25) is 4.68 Å². The van der Waals surface area contributed by atoms with Gasteiger partial charge >= 0.3 is 5.97 Å². The van der Waals surface area contributed by atoms with E-state index in [4.69, 9.17) is 10.5 Å². The molecule has 0 unspecified atom stereocenters. The molecule has 19 heavy (non-hydrogen) atoms. The SMILES string of the molecule is Cc1cc(COC(=O)c2ccc(F)cc2N)n(C)n1. The van der Waals surface area contributed by atoms with Crippen LogP contribution in [-0.4, -0.2) is 15.7 Å². The number of halogens is 1. The van der Waals surface area contributed by atoms with Crippen LogP contribution in [0.4, 0.5) is 10.1 Å². The van der Waals surface area contributed by atoms with Crippen LogP contribution in [0.5, 0.6) is 0 Å². The number of rotatable bonds is 3. The van der Waals surface area contributed by atoms with Gasteiger partial charge in [0.05, 0.1) is 17.0 Å². The molecule has 0 spiro atoms. The lowest BCUT2D eigenvalue weighted by Gasteiger charge is -2.07. The third-order valence-corrected chi connectivity index (χ3v) is 2.68. The van der Waals surface area contributed by atoms with Crippen LogP contribution >= 0.6 is 0 Å². The average molecular weight is 263 g/mol. The fourth-order valence-corrected chi connectivity index (χ4v) is 1.74. The second kappa shape index (κ2) is 5.09. The minimum absolute atomic E-state index is 0.0613. The predicted molar refractivity (Wildman–Crippen MR) is 67.9 cm³/mol. The number of nitrogen functional groups attached to an aromatic ring is 1. The zero-order chi connectivity index (χ0) is 14.0. The molecule has 5 nitrogen and oxygen atoms in total. The lowest BCUT2D eigenvalue weighted by Crippen LogP contribution is -2.10. The molecule has 6 heteroatoms. The molecule has 1 heterocycles. The number of esters is 1. The van der Waals surface area contributed by atoms with E-state index in [1.807, 2.05) is 13.0 Å². The minimum atomic E-state index is -0.587. The van der Waals surface area contributed by atoms with Crippen LogP contribution in [0.2, 0.25) is 0 Å². The Labute approximate surface area is 109 Å². The van der Waals surface area contributed by atoms with Crippen molar-refractivity contribution in [1.82, 2.24) is 9.78 Å². The van der Waals surface area contributed by atoms with E-state index in [1.165, 1.54) is 12.1 Å². The smallest absolute Gasteiger partial charge is 0.340 e. The van der Waals surface area contributed by atoms with Crippen molar-refractivity contribution in [1.29, 1.82) is 0 Å². The number of carbonyl (C=O) groups excluding carboxylic acids is 1. The number of nitrogens with zero attached hydrogens (tertiary/aromatic N) is 2. The first-order valence-corrected chi connectivity index (χ1v) is 5.69. The van der Waals surface area contributed by atoms with E-state index in [1.54, 1.807) is 11.7 Å². The molecule has 1 aromatic carbocycles. The van der Waals surface area contributed by atoms with Gasteiger partial charge in [0.2, 0.25) is 0 Å². The van der Waals surface area contributed by atoms with Crippen LogP contribution in [-0.2, 0) is 18.4 Å². The van der Waals surface area contributed by atoms with Gasteiger partial charge < -0.3 is 10.5 Å². The van der Waals surface area contributed by atoms with E-state index in [9.17, 15) is 9.18 Å². The van der Waals surface area contributed by atoms with Gasteiger partial charge in [0.1, 0.15) is 12.4 Å². The standard InChI is InChI=1S/C13H14FN3O2/c1-8-5-10(17(2)16-8)7-19-13(18)11-4-3-9(14)6-12(11)15/h3-6H,7,15H2,1-2H3. The van der Waals surface area contributed by atoms with Gasteiger partial charge in [0.15, 0.2) is 0 Å². The zero-order valence-electron chi connectivity index (χ0n) is 10.7. The predicted octanol–water partition coefficient (Wildman–Crippen LogP) is 1.81. The fraction of sp³-hybridized carbons (Fsp3) is 0.231. The summed E-state index contributed by atoms with van der Waals surface area (Å²) in [6, 6.07) is 5.38. The Kier molecular flexibility index (Phi) is 3.50. The summed E-state index contributed by atoms with van der Waals surface area (Å²) in [6.07, 6.45) is 0. The molecule has 0 aliphatic carbocycles. The third kappa shape index (κ3) is 2.90. The van der Waals surface area contributed by atoms with Gasteiger partial charge in [-0.15, -0.1) is 0 Å². The van der Waals surface area contributed by atoms with E-state index < -0.39 is 11.8 Å². The van der Waals surface area contributed by atoms with Gasteiger partial charge in [0.25, 0.3) is 0 Å². The lowest BCUT2D eigenvalue weighted by molar-refractivity contribution is 0.0465. The van der Waals surface area contributed by atoms with Crippen LogP contribution in [0.3, 0.4) is 0 Å². The number of hydrogen-bond acceptors (Lipinski definition) is 4. The maximum Gasteiger partial charge on any atom is 0.340 e. The van der Waals surface area contributed by atoms with Crippen LogP contribution in [0.15, 0.2) is 24.3 Å². The molecule has 2 N–H and O–H groups in total. The quantitative estimate of drug-likeness (QED) is 0.677. The molecule has 0 fully saturated rings. The minimum Gasteiger partial charge on any atom is -0.456 e. The highest BCUT2D eigenvalue weighted by Gasteiger charge is 2.13. The average Bonchev–Trinajstić information content (AvgIpc) is 2.65. The highest BCUT2D eigenvalue weighted by molar-refractivity contribution is 5.94. The molecule has 0 saturated carbocycles. The first-order valence-electron chi connectivity index (χ1n) is 5.69. The summed E-state index contributed by atoms with van der Waals surface area (Å²) in [4.78, 5) is 11.8.